The van der Waals surface area contributed by atoms with Gasteiger partial charge in [-0.1, -0.05) is 26.8 Å². The molecule has 0 radical (unpaired) electrons. The van der Waals surface area contributed by atoms with E-state index >= 15 is 0 Å². The van der Waals surface area contributed by atoms with Gasteiger partial charge in [0.1, 0.15) is 11.6 Å². The molecule has 3 heteroatoms. The first-order valence-electron chi connectivity index (χ1n) is 7.50. The van der Waals surface area contributed by atoms with Crippen LogP contribution >= 0.6 is 0 Å². The van der Waals surface area contributed by atoms with Crippen molar-refractivity contribution in [3.63, 3.8) is 0 Å². The van der Waals surface area contributed by atoms with Crippen LogP contribution in [-0.2, 0) is 0 Å². The molecule has 0 aromatic heterocycles. The summed E-state index contributed by atoms with van der Waals surface area (Å²) in [5.74, 6) is -0.404. The van der Waals surface area contributed by atoms with Gasteiger partial charge in [-0.05, 0) is 49.7 Å². The lowest BCUT2D eigenvalue weighted by atomic mass is 9.70. The molecule has 3 unspecified atom stereocenters. The predicted octanol–water partition coefficient (Wildman–Crippen LogP) is 4.83. The first-order chi connectivity index (χ1) is 9.30. The Labute approximate surface area is 120 Å². The van der Waals surface area contributed by atoms with E-state index in [2.05, 4.69) is 26.1 Å². The van der Waals surface area contributed by atoms with Crippen LogP contribution in [0.4, 0.5) is 8.78 Å². The first kappa shape index (κ1) is 15.4. The third-order valence-electron chi connectivity index (χ3n) is 4.59. The van der Waals surface area contributed by atoms with Gasteiger partial charge in [-0.3, -0.25) is 0 Å². The molecule has 0 bridgehead atoms. The Morgan fingerprint density at radius 1 is 1.25 bits per heavy atom. The van der Waals surface area contributed by atoms with Gasteiger partial charge in [-0.25, -0.2) is 8.78 Å². The van der Waals surface area contributed by atoms with E-state index < -0.39 is 11.6 Å². The Balaban J connectivity index is 2.07. The second-order valence-electron chi connectivity index (χ2n) is 7.01. The van der Waals surface area contributed by atoms with E-state index in [1.807, 2.05) is 6.92 Å². The Bertz CT molecular complexity index is 450. The molecule has 0 amide bonds. The second kappa shape index (κ2) is 5.80. The molecular weight excluding hydrogens is 256 g/mol. The van der Waals surface area contributed by atoms with Crippen molar-refractivity contribution in [2.75, 3.05) is 0 Å². The fourth-order valence-electron chi connectivity index (χ4n) is 3.52. The molecule has 3 atom stereocenters. The van der Waals surface area contributed by atoms with Crippen LogP contribution in [0.25, 0.3) is 0 Å². The molecule has 1 nitrogen and oxygen atoms in total. The highest BCUT2D eigenvalue weighted by Gasteiger charge is 2.33. The molecule has 0 saturated heterocycles. The maximum atomic E-state index is 13.8. The van der Waals surface area contributed by atoms with Gasteiger partial charge < -0.3 is 5.32 Å². The minimum atomic E-state index is -0.464. The summed E-state index contributed by atoms with van der Waals surface area (Å²) in [4.78, 5) is 0. The Morgan fingerprint density at radius 3 is 2.40 bits per heavy atom. The number of halogens is 2. The number of benzene rings is 1. The van der Waals surface area contributed by atoms with E-state index in [-0.39, 0.29) is 11.6 Å². The highest BCUT2D eigenvalue weighted by molar-refractivity contribution is 5.23. The molecule has 1 aromatic carbocycles. The molecule has 1 aliphatic carbocycles. The summed E-state index contributed by atoms with van der Waals surface area (Å²) in [5.41, 5.74) is 0.536. The van der Waals surface area contributed by atoms with Gasteiger partial charge in [0.2, 0.25) is 0 Å². The summed E-state index contributed by atoms with van der Waals surface area (Å²) in [7, 11) is 0. The minimum absolute atomic E-state index is 0.157. The van der Waals surface area contributed by atoms with E-state index in [0.29, 0.717) is 17.4 Å². The number of nitrogens with one attached hydrogen (secondary N) is 1. The van der Waals surface area contributed by atoms with Crippen LogP contribution in [0.5, 0.6) is 0 Å². The average Bonchev–Trinajstić information content (AvgIpc) is 2.32. The lowest BCUT2D eigenvalue weighted by molar-refractivity contribution is 0.142. The lowest BCUT2D eigenvalue weighted by Crippen LogP contribution is -2.43. The van der Waals surface area contributed by atoms with E-state index in [1.165, 1.54) is 18.2 Å². The summed E-state index contributed by atoms with van der Waals surface area (Å²) in [6.45, 7) is 8.65. The van der Waals surface area contributed by atoms with Gasteiger partial charge in [0.15, 0.2) is 0 Å². The van der Waals surface area contributed by atoms with Crippen LogP contribution in [0.2, 0.25) is 0 Å². The van der Waals surface area contributed by atoms with Crippen molar-refractivity contribution in [1.29, 1.82) is 0 Å². The maximum Gasteiger partial charge on any atom is 0.130 e. The van der Waals surface area contributed by atoms with E-state index in [0.717, 1.165) is 19.3 Å². The highest BCUT2D eigenvalue weighted by atomic mass is 19.1. The van der Waals surface area contributed by atoms with Crippen molar-refractivity contribution in [3.8, 4) is 0 Å². The van der Waals surface area contributed by atoms with Crippen LogP contribution in [-0.4, -0.2) is 6.04 Å². The topological polar surface area (TPSA) is 12.0 Å². The molecule has 20 heavy (non-hydrogen) atoms. The fraction of sp³-hybridized carbons (Fsp3) is 0.647. The molecule has 112 valence electrons. The maximum absolute atomic E-state index is 13.8. The third kappa shape index (κ3) is 3.38. The Morgan fingerprint density at radius 2 is 1.85 bits per heavy atom. The monoisotopic (exact) mass is 281 g/mol. The van der Waals surface area contributed by atoms with Crippen molar-refractivity contribution >= 4 is 0 Å². The zero-order chi connectivity index (χ0) is 14.9. The van der Waals surface area contributed by atoms with Crippen molar-refractivity contribution < 1.29 is 8.78 Å². The largest absolute Gasteiger partial charge is 0.307 e. The molecule has 1 aliphatic rings. The van der Waals surface area contributed by atoms with Gasteiger partial charge in [0.05, 0.1) is 0 Å². The first-order valence-corrected chi connectivity index (χ1v) is 7.50. The second-order valence-corrected chi connectivity index (χ2v) is 7.01. The number of hydrogen-bond donors (Lipinski definition) is 1. The van der Waals surface area contributed by atoms with Crippen LogP contribution in [0, 0.1) is 23.0 Å². The Kier molecular flexibility index (Phi) is 4.48. The molecule has 0 heterocycles. The summed E-state index contributed by atoms with van der Waals surface area (Å²) >= 11 is 0. The fourth-order valence-corrected chi connectivity index (χ4v) is 3.52. The molecule has 1 N–H and O–H groups in total. The van der Waals surface area contributed by atoms with E-state index in [9.17, 15) is 8.78 Å². The van der Waals surface area contributed by atoms with E-state index in [4.69, 9.17) is 0 Å². The minimum Gasteiger partial charge on any atom is -0.307 e. The van der Waals surface area contributed by atoms with Crippen molar-refractivity contribution in [2.45, 2.75) is 59.0 Å². The van der Waals surface area contributed by atoms with Crippen LogP contribution < -0.4 is 5.32 Å². The molecule has 1 aromatic rings. The van der Waals surface area contributed by atoms with Crippen LogP contribution in [0.15, 0.2) is 18.2 Å². The number of rotatable bonds is 3. The van der Waals surface area contributed by atoms with Gasteiger partial charge in [-0.15, -0.1) is 0 Å². The van der Waals surface area contributed by atoms with Gasteiger partial charge in [-0.2, -0.15) is 0 Å². The average molecular weight is 281 g/mol. The lowest BCUT2D eigenvalue weighted by Gasteiger charge is -2.40. The quantitative estimate of drug-likeness (QED) is 0.836. The molecule has 0 aliphatic heterocycles. The zero-order valence-electron chi connectivity index (χ0n) is 12.8. The number of hydrogen-bond acceptors (Lipinski definition) is 1. The summed E-state index contributed by atoms with van der Waals surface area (Å²) in [5, 5.41) is 3.42. The SMILES string of the molecule is CC(NC1CCC(C)(C)CC1C)c1c(F)cccc1F. The third-order valence-corrected chi connectivity index (χ3v) is 4.59. The van der Waals surface area contributed by atoms with E-state index in [1.54, 1.807) is 0 Å². The Hall–Kier alpha value is -0.960. The van der Waals surface area contributed by atoms with Gasteiger partial charge >= 0.3 is 0 Å². The predicted molar refractivity (Wildman–Crippen MR) is 78.5 cm³/mol. The zero-order valence-corrected chi connectivity index (χ0v) is 12.8. The van der Waals surface area contributed by atoms with Crippen molar-refractivity contribution in [1.82, 2.24) is 5.32 Å². The summed E-state index contributed by atoms with van der Waals surface area (Å²) in [6.07, 6.45) is 3.37. The smallest absolute Gasteiger partial charge is 0.130 e. The highest BCUT2D eigenvalue weighted by Crippen LogP contribution is 2.39. The standard InChI is InChI=1S/C17H25F2N/c1-11-10-17(3,4)9-8-15(11)20-12(2)16-13(18)6-5-7-14(16)19/h5-7,11-12,15,20H,8-10H2,1-4H3. The van der Waals surface area contributed by atoms with Crippen molar-refractivity contribution in [2.24, 2.45) is 11.3 Å². The molecule has 0 spiro atoms. The van der Waals surface area contributed by atoms with Crippen LogP contribution in [0.1, 0.15) is 58.6 Å². The van der Waals surface area contributed by atoms with Crippen molar-refractivity contribution in [3.05, 3.63) is 35.4 Å². The van der Waals surface area contributed by atoms with Gasteiger partial charge in [0.25, 0.3) is 0 Å². The molecule has 1 saturated carbocycles. The molecule has 1 fully saturated rings. The normalized spacial score (nSPS) is 27.3. The summed E-state index contributed by atoms with van der Waals surface area (Å²) < 4.78 is 27.6. The van der Waals surface area contributed by atoms with Gasteiger partial charge in [0, 0.05) is 17.6 Å². The molecular formula is C17H25F2N. The molecule has 2 rings (SSSR count). The summed E-state index contributed by atoms with van der Waals surface area (Å²) in [6, 6.07) is 4.09. The van der Waals surface area contributed by atoms with Crippen LogP contribution in [0.3, 0.4) is 0 Å².